The number of hydrogen-bond acceptors (Lipinski definition) is 6. The van der Waals surface area contributed by atoms with Crippen molar-refractivity contribution in [1.29, 1.82) is 0 Å². The van der Waals surface area contributed by atoms with E-state index in [1.807, 2.05) is 30.3 Å². The molecule has 1 fully saturated rings. The summed E-state index contributed by atoms with van der Waals surface area (Å²) in [6.45, 7) is 3.02. The van der Waals surface area contributed by atoms with Crippen LogP contribution in [0.5, 0.6) is 11.5 Å². The van der Waals surface area contributed by atoms with Crippen molar-refractivity contribution in [1.82, 2.24) is 10.2 Å². The van der Waals surface area contributed by atoms with E-state index in [9.17, 15) is 18.0 Å². The number of carbonyl (C=O) groups is 2. The lowest BCUT2D eigenvalue weighted by atomic mass is 9.95. The van der Waals surface area contributed by atoms with Gasteiger partial charge in [0.1, 0.15) is 19.3 Å². The number of nitrogens with zero attached hydrogens (tertiary/aromatic N) is 2. The van der Waals surface area contributed by atoms with Crippen LogP contribution in [0, 0.1) is 0 Å². The van der Waals surface area contributed by atoms with Crippen LogP contribution in [-0.2, 0) is 26.2 Å². The number of benzene rings is 2. The molecule has 1 saturated carbocycles. The van der Waals surface area contributed by atoms with Crippen LogP contribution < -0.4 is 19.1 Å². The number of nitrogens with one attached hydrogen (secondary N) is 1. The Bertz CT molecular complexity index is 1230. The van der Waals surface area contributed by atoms with Gasteiger partial charge >= 0.3 is 0 Å². The Kier molecular flexibility index (Phi) is 9.72. The van der Waals surface area contributed by atoms with Crippen molar-refractivity contribution in [2.24, 2.45) is 0 Å². The van der Waals surface area contributed by atoms with Crippen LogP contribution in [0.2, 0.25) is 0 Å². The number of fused-ring (bicyclic) bond motifs is 1. The maximum Gasteiger partial charge on any atom is 0.242 e. The van der Waals surface area contributed by atoms with Gasteiger partial charge in [0.2, 0.25) is 21.8 Å². The molecular formula is C29H39N3O6S. The van der Waals surface area contributed by atoms with Crippen LogP contribution >= 0.6 is 0 Å². The molecule has 0 spiro atoms. The summed E-state index contributed by atoms with van der Waals surface area (Å²) in [5, 5.41) is 3.14. The second kappa shape index (κ2) is 13.2. The molecule has 1 aliphatic heterocycles. The molecule has 2 amide bonds. The second-order valence-electron chi connectivity index (χ2n) is 10.3. The van der Waals surface area contributed by atoms with Crippen molar-refractivity contribution in [3.05, 3.63) is 54.1 Å². The summed E-state index contributed by atoms with van der Waals surface area (Å²) >= 11 is 0. The smallest absolute Gasteiger partial charge is 0.242 e. The zero-order valence-corrected chi connectivity index (χ0v) is 23.6. The summed E-state index contributed by atoms with van der Waals surface area (Å²) < 4.78 is 37.7. The second-order valence-corrected chi connectivity index (χ2v) is 12.2. The zero-order chi connectivity index (χ0) is 27.8. The fourth-order valence-corrected chi connectivity index (χ4v) is 6.08. The maximum absolute atomic E-state index is 13.5. The van der Waals surface area contributed by atoms with Crippen LogP contribution in [-0.4, -0.2) is 63.2 Å². The van der Waals surface area contributed by atoms with E-state index >= 15 is 0 Å². The minimum Gasteiger partial charge on any atom is -0.486 e. The van der Waals surface area contributed by atoms with Crippen molar-refractivity contribution >= 4 is 27.5 Å². The van der Waals surface area contributed by atoms with E-state index in [0.29, 0.717) is 43.4 Å². The van der Waals surface area contributed by atoms with E-state index < -0.39 is 16.1 Å². The number of rotatable bonds is 11. The number of hydrogen-bond donors (Lipinski definition) is 1. The molecule has 9 nitrogen and oxygen atoms in total. The first-order chi connectivity index (χ1) is 18.7. The predicted octanol–water partition coefficient (Wildman–Crippen LogP) is 3.87. The molecule has 39 heavy (non-hydrogen) atoms. The highest BCUT2D eigenvalue weighted by Crippen LogP contribution is 2.34. The third kappa shape index (κ3) is 7.88. The fraction of sp³-hybridized carbons (Fsp3) is 0.517. The average Bonchev–Trinajstić information content (AvgIpc) is 2.93. The Morgan fingerprint density at radius 1 is 1.00 bits per heavy atom. The number of ether oxygens (including phenoxy) is 2. The van der Waals surface area contributed by atoms with Crippen molar-refractivity contribution in [3.8, 4) is 11.5 Å². The fourth-order valence-electron chi connectivity index (χ4n) is 5.12. The van der Waals surface area contributed by atoms with Crippen LogP contribution in [0.15, 0.2) is 48.5 Å². The van der Waals surface area contributed by atoms with Crippen LogP contribution in [0.1, 0.15) is 57.4 Å². The zero-order valence-electron chi connectivity index (χ0n) is 22.8. The highest BCUT2D eigenvalue weighted by Gasteiger charge is 2.28. The molecule has 1 heterocycles. The topological polar surface area (TPSA) is 105 Å². The quantitative estimate of drug-likeness (QED) is 0.450. The maximum atomic E-state index is 13.5. The van der Waals surface area contributed by atoms with Crippen molar-refractivity contribution in [2.75, 3.05) is 30.3 Å². The summed E-state index contributed by atoms with van der Waals surface area (Å²) in [4.78, 5) is 28.2. The van der Waals surface area contributed by atoms with Crippen LogP contribution in [0.3, 0.4) is 0 Å². The molecule has 0 aromatic heterocycles. The normalized spacial score (nSPS) is 16.3. The van der Waals surface area contributed by atoms with Crippen molar-refractivity contribution in [3.63, 3.8) is 0 Å². The van der Waals surface area contributed by atoms with Gasteiger partial charge in [0.05, 0.1) is 11.9 Å². The Morgan fingerprint density at radius 3 is 2.38 bits per heavy atom. The molecule has 2 aliphatic rings. The molecular weight excluding hydrogens is 518 g/mol. The predicted molar refractivity (Wildman–Crippen MR) is 150 cm³/mol. The Hall–Kier alpha value is -3.27. The molecule has 1 aliphatic carbocycles. The summed E-state index contributed by atoms with van der Waals surface area (Å²) in [5.74, 6) is 0.724. The molecule has 0 saturated heterocycles. The van der Waals surface area contributed by atoms with Gasteiger partial charge in [-0.1, -0.05) is 49.6 Å². The van der Waals surface area contributed by atoms with E-state index in [2.05, 4.69) is 5.32 Å². The molecule has 0 unspecified atom stereocenters. The third-order valence-electron chi connectivity index (χ3n) is 7.28. The van der Waals surface area contributed by atoms with Crippen LogP contribution in [0.4, 0.5) is 5.69 Å². The van der Waals surface area contributed by atoms with Gasteiger partial charge in [0.15, 0.2) is 11.5 Å². The number of carbonyl (C=O) groups excluding carboxylic acids is 2. The van der Waals surface area contributed by atoms with E-state index in [-0.39, 0.29) is 30.8 Å². The third-order valence-corrected chi connectivity index (χ3v) is 8.47. The van der Waals surface area contributed by atoms with Gasteiger partial charge in [0.25, 0.3) is 0 Å². The molecule has 0 bridgehead atoms. The van der Waals surface area contributed by atoms with Gasteiger partial charge in [0, 0.05) is 31.6 Å². The van der Waals surface area contributed by atoms with Gasteiger partial charge in [-0.15, -0.1) is 0 Å². The SMILES string of the molecule is C[C@H](C(=O)NC1CCCCC1)N(Cc1ccccc1)C(=O)CCCN(c1ccc2c(c1)OCCO2)S(C)(=O)=O. The van der Waals surface area contributed by atoms with Gasteiger partial charge in [-0.05, 0) is 43.9 Å². The van der Waals surface area contributed by atoms with Gasteiger partial charge in [-0.25, -0.2) is 8.42 Å². The highest BCUT2D eigenvalue weighted by molar-refractivity contribution is 7.92. The minimum absolute atomic E-state index is 0.102. The molecule has 1 atom stereocenters. The molecule has 4 rings (SSSR count). The molecule has 0 radical (unpaired) electrons. The largest absolute Gasteiger partial charge is 0.486 e. The van der Waals surface area contributed by atoms with E-state index in [4.69, 9.17) is 9.47 Å². The highest BCUT2D eigenvalue weighted by atomic mass is 32.2. The first-order valence-corrected chi connectivity index (χ1v) is 15.6. The summed E-state index contributed by atoms with van der Waals surface area (Å²) in [7, 11) is -3.61. The van der Waals surface area contributed by atoms with Gasteiger partial charge in [-0.3, -0.25) is 13.9 Å². The van der Waals surface area contributed by atoms with E-state index in [1.165, 1.54) is 10.7 Å². The van der Waals surface area contributed by atoms with E-state index in [0.717, 1.165) is 37.5 Å². The number of amides is 2. The number of sulfonamides is 1. The lowest BCUT2D eigenvalue weighted by molar-refractivity contribution is -0.141. The van der Waals surface area contributed by atoms with Gasteiger partial charge in [-0.2, -0.15) is 0 Å². The first kappa shape index (κ1) is 28.7. The van der Waals surface area contributed by atoms with Crippen molar-refractivity contribution in [2.45, 2.75) is 70.5 Å². The summed E-state index contributed by atoms with van der Waals surface area (Å²) in [5.41, 5.74) is 1.38. The molecule has 2 aromatic rings. The van der Waals surface area contributed by atoms with E-state index in [1.54, 1.807) is 30.0 Å². The Balaban J connectivity index is 1.43. The summed E-state index contributed by atoms with van der Waals surface area (Å²) in [6.07, 6.45) is 6.87. The molecule has 1 N–H and O–H groups in total. The monoisotopic (exact) mass is 557 g/mol. The molecule has 212 valence electrons. The lowest BCUT2D eigenvalue weighted by Crippen LogP contribution is -2.50. The Morgan fingerprint density at radius 2 is 1.69 bits per heavy atom. The van der Waals surface area contributed by atoms with Crippen LogP contribution in [0.25, 0.3) is 0 Å². The standard InChI is InChI=1S/C29H39N3O6S/c1-22(29(34)30-24-12-7-4-8-13-24)31(21-23-10-5-3-6-11-23)28(33)14-9-17-32(39(2,35)36)25-15-16-26-27(20-25)38-19-18-37-26/h3,5-6,10-11,15-16,20,22,24H,4,7-9,12-14,17-19,21H2,1-2H3,(H,30,34)/t22-/m1/s1. The lowest BCUT2D eigenvalue weighted by Gasteiger charge is -2.31. The first-order valence-electron chi connectivity index (χ1n) is 13.7. The van der Waals surface area contributed by atoms with Gasteiger partial charge < -0.3 is 19.7 Å². The Labute approximate surface area is 231 Å². The summed E-state index contributed by atoms with van der Waals surface area (Å²) in [6, 6.07) is 14.1. The molecule has 10 heteroatoms. The molecule has 2 aromatic carbocycles. The van der Waals surface area contributed by atoms with Crippen molar-refractivity contribution < 1.29 is 27.5 Å². The average molecular weight is 558 g/mol. The minimum atomic E-state index is -3.61. The number of anilines is 1.